The molecule has 2 rings (SSSR count). The normalized spacial score (nSPS) is 10.1. The Kier molecular flexibility index (Phi) is 2.28. The Morgan fingerprint density at radius 2 is 2.21 bits per heavy atom. The summed E-state index contributed by atoms with van der Waals surface area (Å²) in [7, 11) is 1.51. The van der Waals surface area contributed by atoms with E-state index >= 15 is 0 Å². The molecule has 0 saturated carbocycles. The van der Waals surface area contributed by atoms with E-state index in [1.165, 1.54) is 7.11 Å². The van der Waals surface area contributed by atoms with Gasteiger partial charge in [-0.2, -0.15) is 4.98 Å². The number of nitrogens with zero attached hydrogens (tertiary/aromatic N) is 4. The molecule has 0 radical (unpaired) electrons. The van der Waals surface area contributed by atoms with E-state index in [9.17, 15) is 0 Å². The van der Waals surface area contributed by atoms with E-state index in [1.54, 1.807) is 12.1 Å². The molecule has 0 spiro atoms. The highest BCUT2D eigenvalue weighted by molar-refractivity contribution is 6.27. The van der Waals surface area contributed by atoms with Gasteiger partial charge in [0.15, 0.2) is 0 Å². The molecule has 0 N–H and O–H groups in total. The first-order chi connectivity index (χ1) is 6.79. The second-order valence-corrected chi connectivity index (χ2v) is 2.66. The van der Waals surface area contributed by atoms with E-state index in [-0.39, 0.29) is 5.35 Å². The highest BCUT2D eigenvalue weighted by Crippen LogP contribution is 2.15. The number of hydrogen-bond acceptors (Lipinski definition) is 6. The SMILES string of the molecule is COc1ccc(-c2noc(Cl)n2)nn1. The van der Waals surface area contributed by atoms with Gasteiger partial charge < -0.3 is 9.26 Å². The maximum absolute atomic E-state index is 5.46. The Balaban J connectivity index is 2.33. The molecule has 2 aromatic heterocycles. The molecule has 14 heavy (non-hydrogen) atoms. The molecular weight excluding hydrogens is 208 g/mol. The number of aromatic nitrogens is 4. The zero-order valence-corrected chi connectivity index (χ0v) is 7.89. The minimum absolute atomic E-state index is 0.0300. The van der Waals surface area contributed by atoms with Crippen LogP contribution in [0.5, 0.6) is 5.88 Å². The summed E-state index contributed by atoms with van der Waals surface area (Å²) < 4.78 is 9.43. The predicted molar refractivity (Wildman–Crippen MR) is 46.9 cm³/mol. The average Bonchev–Trinajstić information content (AvgIpc) is 2.65. The smallest absolute Gasteiger partial charge is 0.320 e. The van der Waals surface area contributed by atoms with Crippen LogP contribution in [-0.2, 0) is 0 Å². The lowest BCUT2D eigenvalue weighted by Gasteiger charge is -1.95. The Hall–Kier alpha value is -1.69. The summed E-state index contributed by atoms with van der Waals surface area (Å²) in [6.07, 6.45) is 0. The van der Waals surface area contributed by atoms with Crippen molar-refractivity contribution < 1.29 is 9.26 Å². The Labute approximate surface area is 83.9 Å². The van der Waals surface area contributed by atoms with Crippen LogP contribution in [0.2, 0.25) is 5.35 Å². The standard InChI is InChI=1S/C7H5ClN4O2/c1-13-5-3-2-4(10-11-5)6-9-7(8)14-12-6/h2-3H,1H3. The minimum atomic E-state index is -0.0300. The van der Waals surface area contributed by atoms with Crippen LogP contribution in [0, 0.1) is 0 Å². The van der Waals surface area contributed by atoms with Gasteiger partial charge in [0, 0.05) is 6.07 Å². The van der Waals surface area contributed by atoms with Gasteiger partial charge in [-0.05, 0) is 17.7 Å². The molecule has 0 atom stereocenters. The first-order valence-corrected chi connectivity index (χ1v) is 4.04. The van der Waals surface area contributed by atoms with Crippen LogP contribution in [0.3, 0.4) is 0 Å². The van der Waals surface area contributed by atoms with Gasteiger partial charge in [-0.15, -0.1) is 10.2 Å². The van der Waals surface area contributed by atoms with Crippen LogP contribution in [0.1, 0.15) is 0 Å². The van der Waals surface area contributed by atoms with Crippen molar-refractivity contribution in [1.82, 2.24) is 20.3 Å². The first kappa shape index (κ1) is 8.89. The quantitative estimate of drug-likeness (QED) is 0.745. The van der Waals surface area contributed by atoms with Gasteiger partial charge in [-0.1, -0.05) is 5.16 Å². The third kappa shape index (κ3) is 1.64. The molecule has 2 heterocycles. The highest BCUT2D eigenvalue weighted by atomic mass is 35.5. The highest BCUT2D eigenvalue weighted by Gasteiger charge is 2.08. The van der Waals surface area contributed by atoms with Gasteiger partial charge in [0.2, 0.25) is 11.7 Å². The Morgan fingerprint density at radius 3 is 2.71 bits per heavy atom. The minimum Gasteiger partial charge on any atom is -0.480 e. The molecule has 0 bridgehead atoms. The lowest BCUT2D eigenvalue weighted by Crippen LogP contribution is -1.92. The molecule has 0 aliphatic heterocycles. The van der Waals surface area contributed by atoms with Crippen LogP contribution in [-0.4, -0.2) is 27.4 Å². The molecule has 0 saturated heterocycles. The molecule has 7 heteroatoms. The van der Waals surface area contributed by atoms with E-state index in [0.717, 1.165) is 0 Å². The fraction of sp³-hybridized carbons (Fsp3) is 0.143. The fourth-order valence-corrected chi connectivity index (χ4v) is 0.972. The summed E-state index contributed by atoms with van der Waals surface area (Å²) in [6.45, 7) is 0. The van der Waals surface area contributed by atoms with Gasteiger partial charge in [-0.25, -0.2) is 0 Å². The summed E-state index contributed by atoms with van der Waals surface area (Å²) >= 11 is 5.46. The topological polar surface area (TPSA) is 73.9 Å². The number of rotatable bonds is 2. The molecule has 72 valence electrons. The van der Waals surface area contributed by atoms with Crippen LogP contribution in [0.4, 0.5) is 0 Å². The van der Waals surface area contributed by atoms with Crippen molar-refractivity contribution in [2.45, 2.75) is 0 Å². The summed E-state index contributed by atoms with van der Waals surface area (Å²) in [5, 5.41) is 11.1. The van der Waals surface area contributed by atoms with Gasteiger partial charge in [-0.3, -0.25) is 0 Å². The molecule has 0 amide bonds. The lowest BCUT2D eigenvalue weighted by molar-refractivity contribution is 0.392. The maximum Gasteiger partial charge on any atom is 0.320 e. The van der Waals surface area contributed by atoms with Gasteiger partial charge >= 0.3 is 5.35 Å². The van der Waals surface area contributed by atoms with E-state index in [2.05, 4.69) is 24.9 Å². The van der Waals surface area contributed by atoms with Crippen LogP contribution in [0.15, 0.2) is 16.7 Å². The second-order valence-electron chi connectivity index (χ2n) is 2.33. The largest absolute Gasteiger partial charge is 0.480 e. The van der Waals surface area contributed by atoms with E-state index in [1.807, 2.05) is 0 Å². The third-order valence-corrected chi connectivity index (χ3v) is 1.63. The number of hydrogen-bond donors (Lipinski definition) is 0. The van der Waals surface area contributed by atoms with Crippen molar-refractivity contribution in [1.29, 1.82) is 0 Å². The van der Waals surface area contributed by atoms with Crippen molar-refractivity contribution in [3.05, 3.63) is 17.5 Å². The van der Waals surface area contributed by atoms with Crippen molar-refractivity contribution in [2.24, 2.45) is 0 Å². The van der Waals surface area contributed by atoms with Crippen molar-refractivity contribution in [2.75, 3.05) is 7.11 Å². The summed E-state index contributed by atoms with van der Waals surface area (Å²) in [5.74, 6) is 0.716. The molecule has 0 fully saturated rings. The fourth-order valence-electron chi connectivity index (χ4n) is 0.857. The molecule has 0 unspecified atom stereocenters. The molecule has 2 aromatic rings. The molecule has 0 aliphatic carbocycles. The number of ether oxygens (including phenoxy) is 1. The van der Waals surface area contributed by atoms with Crippen molar-refractivity contribution >= 4 is 11.6 Å². The van der Waals surface area contributed by atoms with Crippen molar-refractivity contribution in [3.63, 3.8) is 0 Å². The first-order valence-electron chi connectivity index (χ1n) is 3.67. The number of halogens is 1. The molecule has 6 nitrogen and oxygen atoms in total. The van der Waals surface area contributed by atoms with Crippen molar-refractivity contribution in [3.8, 4) is 17.4 Å². The Bertz CT molecular complexity index is 428. The zero-order chi connectivity index (χ0) is 9.97. The average molecular weight is 213 g/mol. The van der Waals surface area contributed by atoms with E-state index in [4.69, 9.17) is 16.3 Å². The lowest BCUT2D eigenvalue weighted by atomic mass is 10.4. The zero-order valence-electron chi connectivity index (χ0n) is 7.14. The number of methoxy groups -OCH3 is 1. The van der Waals surface area contributed by atoms with Crippen LogP contribution < -0.4 is 4.74 Å². The maximum atomic E-state index is 5.46. The monoisotopic (exact) mass is 212 g/mol. The van der Waals surface area contributed by atoms with Gasteiger partial charge in [0.1, 0.15) is 5.69 Å². The van der Waals surface area contributed by atoms with Gasteiger partial charge in [0.25, 0.3) is 0 Å². The van der Waals surface area contributed by atoms with E-state index in [0.29, 0.717) is 17.4 Å². The van der Waals surface area contributed by atoms with Crippen LogP contribution >= 0.6 is 11.6 Å². The molecular formula is C7H5ClN4O2. The second kappa shape index (κ2) is 3.59. The van der Waals surface area contributed by atoms with Gasteiger partial charge in [0.05, 0.1) is 7.11 Å². The summed E-state index contributed by atoms with van der Waals surface area (Å²) in [4.78, 5) is 3.78. The molecule has 0 aromatic carbocycles. The van der Waals surface area contributed by atoms with E-state index < -0.39 is 0 Å². The van der Waals surface area contributed by atoms with Crippen LogP contribution in [0.25, 0.3) is 11.5 Å². The Morgan fingerprint density at radius 1 is 1.36 bits per heavy atom. The molecule has 0 aliphatic rings. The predicted octanol–water partition coefficient (Wildman–Crippen LogP) is 1.19. The summed E-state index contributed by atoms with van der Waals surface area (Å²) in [6, 6.07) is 3.31. The third-order valence-electron chi connectivity index (χ3n) is 1.48. The summed E-state index contributed by atoms with van der Waals surface area (Å²) in [5.41, 5.74) is 0.474.